The minimum atomic E-state index is -0.290. The average molecular weight is 276 g/mol. The molecule has 0 aliphatic rings. The maximum Gasteiger partial charge on any atom is 0.224 e. The molecule has 0 amide bonds. The Kier molecular flexibility index (Phi) is 5.25. The highest BCUT2D eigenvalue weighted by molar-refractivity contribution is 5.56. The first kappa shape index (κ1) is 14.2. The number of aromatic nitrogens is 2. The lowest BCUT2D eigenvalue weighted by Crippen LogP contribution is -2.08. The van der Waals surface area contributed by atoms with Gasteiger partial charge in [-0.2, -0.15) is 4.98 Å². The fraction of sp³-hybridized carbons (Fsp3) is 0.286. The van der Waals surface area contributed by atoms with Crippen LogP contribution in [0.25, 0.3) is 0 Å². The van der Waals surface area contributed by atoms with Gasteiger partial charge in [-0.15, -0.1) is 0 Å². The van der Waals surface area contributed by atoms with Crippen molar-refractivity contribution in [3.8, 4) is 0 Å². The second kappa shape index (κ2) is 7.40. The van der Waals surface area contributed by atoms with Crippen LogP contribution >= 0.6 is 0 Å². The van der Waals surface area contributed by atoms with Gasteiger partial charge in [0, 0.05) is 32.1 Å². The molecule has 2 aromatic rings. The Labute approximate surface area is 117 Å². The summed E-state index contributed by atoms with van der Waals surface area (Å²) in [5.74, 6) is 0.851. The lowest BCUT2D eigenvalue weighted by atomic mass is 10.3. The Hall–Kier alpha value is -2.21. The van der Waals surface area contributed by atoms with Crippen LogP contribution < -0.4 is 10.6 Å². The molecule has 5 nitrogen and oxygen atoms in total. The van der Waals surface area contributed by atoms with E-state index in [1.807, 2.05) is 0 Å². The highest BCUT2D eigenvalue weighted by Gasteiger charge is 2.00. The fourth-order valence-electron chi connectivity index (χ4n) is 1.64. The van der Waals surface area contributed by atoms with Crippen molar-refractivity contribution in [2.24, 2.45) is 0 Å². The van der Waals surface area contributed by atoms with E-state index in [0.29, 0.717) is 24.1 Å². The van der Waals surface area contributed by atoms with Crippen molar-refractivity contribution in [1.29, 1.82) is 0 Å². The molecule has 0 saturated heterocycles. The van der Waals surface area contributed by atoms with E-state index in [9.17, 15) is 4.39 Å². The molecule has 1 aromatic heterocycles. The van der Waals surface area contributed by atoms with E-state index in [2.05, 4.69) is 20.6 Å². The molecule has 0 unspecified atom stereocenters. The molecule has 106 valence electrons. The topological polar surface area (TPSA) is 59.1 Å². The number of hydrogen-bond acceptors (Lipinski definition) is 5. The van der Waals surface area contributed by atoms with E-state index in [-0.39, 0.29) is 5.82 Å². The molecule has 0 saturated carbocycles. The van der Waals surface area contributed by atoms with Gasteiger partial charge in [-0.1, -0.05) is 6.07 Å². The Bertz CT molecular complexity index is 550. The van der Waals surface area contributed by atoms with Gasteiger partial charge >= 0.3 is 0 Å². The monoisotopic (exact) mass is 276 g/mol. The molecule has 0 radical (unpaired) electrons. The summed E-state index contributed by atoms with van der Waals surface area (Å²) in [6, 6.07) is 7.95. The average Bonchev–Trinajstić information content (AvgIpc) is 2.44. The molecular weight excluding hydrogens is 259 g/mol. The predicted molar refractivity (Wildman–Crippen MR) is 76.7 cm³/mol. The third kappa shape index (κ3) is 4.47. The van der Waals surface area contributed by atoms with Crippen molar-refractivity contribution in [2.75, 3.05) is 30.9 Å². The van der Waals surface area contributed by atoms with Crippen LogP contribution in [0.2, 0.25) is 0 Å². The van der Waals surface area contributed by atoms with Gasteiger partial charge in [0.25, 0.3) is 0 Å². The summed E-state index contributed by atoms with van der Waals surface area (Å²) in [5.41, 5.74) is 0.647. The molecule has 2 N–H and O–H groups in total. The summed E-state index contributed by atoms with van der Waals surface area (Å²) >= 11 is 0. The maximum absolute atomic E-state index is 13.1. The molecule has 0 fully saturated rings. The van der Waals surface area contributed by atoms with Crippen molar-refractivity contribution < 1.29 is 9.13 Å². The van der Waals surface area contributed by atoms with Gasteiger partial charge in [0.1, 0.15) is 11.6 Å². The quantitative estimate of drug-likeness (QED) is 0.761. The number of nitrogens with zero attached hydrogens (tertiary/aromatic N) is 2. The van der Waals surface area contributed by atoms with Gasteiger partial charge in [0.15, 0.2) is 0 Å². The second-order valence-electron chi connectivity index (χ2n) is 4.17. The molecule has 0 spiro atoms. The number of hydrogen-bond donors (Lipinski definition) is 2. The summed E-state index contributed by atoms with van der Waals surface area (Å²) in [6.07, 6.45) is 2.52. The number of benzene rings is 1. The van der Waals surface area contributed by atoms with E-state index < -0.39 is 0 Å². The van der Waals surface area contributed by atoms with E-state index in [0.717, 1.165) is 13.0 Å². The van der Waals surface area contributed by atoms with Gasteiger partial charge in [-0.05, 0) is 30.7 Å². The smallest absolute Gasteiger partial charge is 0.224 e. The van der Waals surface area contributed by atoms with Crippen LogP contribution in [-0.4, -0.2) is 30.2 Å². The van der Waals surface area contributed by atoms with Crippen LogP contribution in [0.15, 0.2) is 36.5 Å². The molecule has 6 heteroatoms. The zero-order valence-corrected chi connectivity index (χ0v) is 11.3. The third-order valence-electron chi connectivity index (χ3n) is 2.56. The first-order valence-corrected chi connectivity index (χ1v) is 6.36. The molecule has 0 atom stereocenters. The molecule has 2 rings (SSSR count). The van der Waals surface area contributed by atoms with Gasteiger partial charge in [-0.3, -0.25) is 0 Å². The molecule has 0 aliphatic carbocycles. The predicted octanol–water partition coefficient (Wildman–Crippen LogP) is 2.81. The Balaban J connectivity index is 1.95. The normalized spacial score (nSPS) is 10.3. The van der Waals surface area contributed by atoms with Crippen LogP contribution in [0.5, 0.6) is 0 Å². The summed E-state index contributed by atoms with van der Waals surface area (Å²) < 4.78 is 18.1. The van der Waals surface area contributed by atoms with Crippen LogP contribution in [0.1, 0.15) is 6.42 Å². The summed E-state index contributed by atoms with van der Waals surface area (Å²) in [6.45, 7) is 1.42. The SMILES string of the molecule is COCCCNc1nccc(Nc2cccc(F)c2)n1. The lowest BCUT2D eigenvalue weighted by Gasteiger charge is -2.08. The van der Waals surface area contributed by atoms with Crippen LogP contribution in [0.4, 0.5) is 21.8 Å². The number of ether oxygens (including phenoxy) is 1. The van der Waals surface area contributed by atoms with Gasteiger partial charge in [0.2, 0.25) is 5.95 Å². The standard InChI is InChI=1S/C14H17FN4O/c1-20-9-3-7-16-14-17-8-6-13(19-14)18-12-5-2-4-11(15)10-12/h2,4-6,8,10H,3,7,9H2,1H3,(H2,16,17,18,19). The van der Waals surface area contributed by atoms with Crippen molar-refractivity contribution in [2.45, 2.75) is 6.42 Å². The molecule has 1 aromatic carbocycles. The van der Waals surface area contributed by atoms with E-state index >= 15 is 0 Å². The number of rotatable bonds is 7. The summed E-state index contributed by atoms with van der Waals surface area (Å²) in [5, 5.41) is 6.13. The van der Waals surface area contributed by atoms with Gasteiger partial charge in [0.05, 0.1) is 0 Å². The third-order valence-corrected chi connectivity index (χ3v) is 2.56. The Morgan fingerprint density at radius 1 is 1.30 bits per heavy atom. The van der Waals surface area contributed by atoms with Crippen LogP contribution in [0.3, 0.4) is 0 Å². The zero-order valence-electron chi connectivity index (χ0n) is 11.3. The number of nitrogens with one attached hydrogen (secondary N) is 2. The largest absolute Gasteiger partial charge is 0.385 e. The number of methoxy groups -OCH3 is 1. The molecule has 0 aliphatic heterocycles. The minimum absolute atomic E-state index is 0.290. The summed E-state index contributed by atoms with van der Waals surface area (Å²) in [4.78, 5) is 8.42. The first-order valence-electron chi connectivity index (χ1n) is 6.36. The van der Waals surface area contributed by atoms with Crippen molar-refractivity contribution in [3.05, 3.63) is 42.3 Å². The number of anilines is 3. The van der Waals surface area contributed by atoms with E-state index in [1.54, 1.807) is 31.5 Å². The highest BCUT2D eigenvalue weighted by atomic mass is 19.1. The summed E-state index contributed by atoms with van der Waals surface area (Å²) in [7, 11) is 1.67. The van der Waals surface area contributed by atoms with E-state index in [1.165, 1.54) is 12.1 Å². The van der Waals surface area contributed by atoms with Crippen molar-refractivity contribution in [3.63, 3.8) is 0 Å². The van der Waals surface area contributed by atoms with Crippen molar-refractivity contribution >= 4 is 17.5 Å². The number of halogens is 1. The maximum atomic E-state index is 13.1. The zero-order chi connectivity index (χ0) is 14.2. The Morgan fingerprint density at radius 3 is 3.00 bits per heavy atom. The fourth-order valence-corrected chi connectivity index (χ4v) is 1.64. The molecular formula is C14H17FN4O. The van der Waals surface area contributed by atoms with Crippen LogP contribution in [0, 0.1) is 5.82 Å². The molecule has 20 heavy (non-hydrogen) atoms. The van der Waals surface area contributed by atoms with Gasteiger partial charge < -0.3 is 15.4 Å². The molecule has 0 bridgehead atoms. The van der Waals surface area contributed by atoms with Crippen LogP contribution in [-0.2, 0) is 4.74 Å². The lowest BCUT2D eigenvalue weighted by molar-refractivity contribution is 0.197. The minimum Gasteiger partial charge on any atom is -0.385 e. The van der Waals surface area contributed by atoms with Gasteiger partial charge in [-0.25, -0.2) is 9.37 Å². The van der Waals surface area contributed by atoms with Crippen molar-refractivity contribution in [1.82, 2.24) is 9.97 Å². The highest BCUT2D eigenvalue weighted by Crippen LogP contribution is 2.15. The van der Waals surface area contributed by atoms with E-state index in [4.69, 9.17) is 4.74 Å². The Morgan fingerprint density at radius 2 is 2.20 bits per heavy atom. The molecule has 1 heterocycles. The second-order valence-corrected chi connectivity index (χ2v) is 4.17. The first-order chi connectivity index (χ1) is 9.78.